The van der Waals surface area contributed by atoms with E-state index >= 15 is 0 Å². The van der Waals surface area contributed by atoms with Gasteiger partial charge in [0.05, 0.1) is 19.6 Å². The first-order chi connectivity index (χ1) is 11.9. The molecule has 0 aliphatic carbocycles. The molecule has 0 radical (unpaired) electrons. The van der Waals surface area contributed by atoms with Crippen LogP contribution in [-0.4, -0.2) is 18.6 Å². The molecule has 0 fully saturated rings. The lowest BCUT2D eigenvalue weighted by Gasteiger charge is -2.38. The average Bonchev–Trinajstić information content (AvgIpc) is 2.55. The van der Waals surface area contributed by atoms with Crippen LogP contribution in [0.3, 0.4) is 0 Å². The Hall–Kier alpha value is -2.69. The van der Waals surface area contributed by atoms with Gasteiger partial charge in [0, 0.05) is 17.7 Å². The minimum absolute atomic E-state index is 0.0266. The van der Waals surface area contributed by atoms with Gasteiger partial charge < -0.3 is 20.5 Å². The lowest BCUT2D eigenvalue weighted by Crippen LogP contribution is -2.41. The second-order valence-corrected chi connectivity index (χ2v) is 7.01. The predicted octanol–water partition coefficient (Wildman–Crippen LogP) is 3.24. The molecule has 1 atom stereocenters. The van der Waals surface area contributed by atoms with Crippen molar-refractivity contribution in [1.82, 2.24) is 5.32 Å². The molecular formula is C20H24N2O3. The fourth-order valence-electron chi connectivity index (χ4n) is 3.18. The van der Waals surface area contributed by atoms with Gasteiger partial charge in [-0.25, -0.2) is 0 Å². The number of hydrogen-bond acceptors (Lipinski definition) is 4. The summed E-state index contributed by atoms with van der Waals surface area (Å²) >= 11 is 0. The second kappa shape index (κ2) is 6.67. The summed E-state index contributed by atoms with van der Waals surface area (Å²) in [6.07, 6.45) is 1.01. The van der Waals surface area contributed by atoms with E-state index in [1.54, 1.807) is 7.11 Å². The largest absolute Gasteiger partial charge is 0.497 e. The number of nitrogens with one attached hydrogen (secondary N) is 1. The molecule has 1 aliphatic rings. The zero-order chi connectivity index (χ0) is 18.0. The number of hydrogen-bond donors (Lipinski definition) is 2. The summed E-state index contributed by atoms with van der Waals surface area (Å²) in [5, 5.41) is 3.13. The molecule has 1 aliphatic heterocycles. The monoisotopic (exact) mass is 340 g/mol. The maximum Gasteiger partial charge on any atom is 0.224 e. The normalized spacial score (nSPS) is 18.0. The Balaban J connectivity index is 1.74. The minimum atomic E-state index is -0.346. The molecule has 0 spiro atoms. The Bertz CT molecular complexity index is 769. The summed E-state index contributed by atoms with van der Waals surface area (Å²) in [7, 11) is 1.62. The lowest BCUT2D eigenvalue weighted by atomic mass is 9.89. The number of fused-ring (bicyclic) bond motifs is 1. The fraction of sp³-hybridized carbons (Fsp3) is 0.350. The molecule has 0 saturated carbocycles. The van der Waals surface area contributed by atoms with Crippen LogP contribution in [0.1, 0.15) is 37.4 Å². The summed E-state index contributed by atoms with van der Waals surface area (Å²) in [5.41, 5.74) is 8.11. The maximum atomic E-state index is 12.5. The van der Waals surface area contributed by atoms with Crippen molar-refractivity contribution >= 4 is 11.6 Å². The van der Waals surface area contributed by atoms with Crippen LogP contribution >= 0.6 is 0 Å². The van der Waals surface area contributed by atoms with Crippen LogP contribution in [0.15, 0.2) is 42.5 Å². The summed E-state index contributed by atoms with van der Waals surface area (Å²) in [4.78, 5) is 12.5. The molecule has 3 rings (SSSR count). The molecule has 0 bridgehead atoms. The highest BCUT2D eigenvalue weighted by Crippen LogP contribution is 2.40. The number of methoxy groups -OCH3 is 1. The summed E-state index contributed by atoms with van der Waals surface area (Å²) in [6, 6.07) is 13.0. The van der Waals surface area contributed by atoms with E-state index in [-0.39, 0.29) is 17.6 Å². The standard InChI is InChI=1S/C20H24N2O3/c1-20(2)12-17(16-11-14(21)6-9-18(16)25-20)22-19(23)10-13-4-7-15(24-3)8-5-13/h4-9,11,17H,10,12,21H2,1-3H3,(H,22,23). The first-order valence-electron chi connectivity index (χ1n) is 8.37. The Morgan fingerprint density at radius 1 is 1.28 bits per heavy atom. The minimum Gasteiger partial charge on any atom is -0.497 e. The van der Waals surface area contributed by atoms with Gasteiger partial charge in [0.15, 0.2) is 0 Å². The van der Waals surface area contributed by atoms with Crippen molar-refractivity contribution < 1.29 is 14.3 Å². The maximum absolute atomic E-state index is 12.5. The molecule has 5 heteroatoms. The smallest absolute Gasteiger partial charge is 0.224 e. The van der Waals surface area contributed by atoms with Gasteiger partial charge >= 0.3 is 0 Å². The number of carbonyl (C=O) groups is 1. The molecule has 25 heavy (non-hydrogen) atoms. The molecular weight excluding hydrogens is 316 g/mol. The quantitative estimate of drug-likeness (QED) is 0.838. The highest BCUT2D eigenvalue weighted by Gasteiger charge is 2.34. The Morgan fingerprint density at radius 2 is 2.00 bits per heavy atom. The third-order valence-electron chi connectivity index (χ3n) is 4.35. The summed E-state index contributed by atoms with van der Waals surface area (Å²) < 4.78 is 11.2. The van der Waals surface area contributed by atoms with Crippen LogP contribution < -0.4 is 20.5 Å². The van der Waals surface area contributed by atoms with Gasteiger partial charge in [-0.3, -0.25) is 4.79 Å². The number of benzene rings is 2. The molecule has 5 nitrogen and oxygen atoms in total. The van der Waals surface area contributed by atoms with Crippen molar-refractivity contribution in [2.24, 2.45) is 0 Å². The zero-order valence-corrected chi connectivity index (χ0v) is 14.8. The van der Waals surface area contributed by atoms with Crippen molar-refractivity contribution in [2.45, 2.75) is 38.3 Å². The average molecular weight is 340 g/mol. The highest BCUT2D eigenvalue weighted by atomic mass is 16.5. The molecule has 0 aromatic heterocycles. The molecule has 2 aromatic rings. The molecule has 3 N–H and O–H groups in total. The first-order valence-corrected chi connectivity index (χ1v) is 8.37. The van der Waals surface area contributed by atoms with E-state index in [0.29, 0.717) is 18.5 Å². The Morgan fingerprint density at radius 3 is 2.68 bits per heavy atom. The van der Waals surface area contributed by atoms with E-state index in [1.807, 2.05) is 56.3 Å². The van der Waals surface area contributed by atoms with Crippen LogP contribution in [0.25, 0.3) is 0 Å². The van der Waals surface area contributed by atoms with Gasteiger partial charge in [0.1, 0.15) is 17.1 Å². The summed E-state index contributed by atoms with van der Waals surface area (Å²) in [5.74, 6) is 1.53. The zero-order valence-electron chi connectivity index (χ0n) is 14.8. The van der Waals surface area contributed by atoms with Crippen molar-refractivity contribution in [3.63, 3.8) is 0 Å². The Labute approximate surface area is 148 Å². The lowest BCUT2D eigenvalue weighted by molar-refractivity contribution is -0.121. The van der Waals surface area contributed by atoms with Crippen molar-refractivity contribution in [3.8, 4) is 11.5 Å². The Kier molecular flexibility index (Phi) is 4.57. The van der Waals surface area contributed by atoms with Crippen molar-refractivity contribution in [3.05, 3.63) is 53.6 Å². The van der Waals surface area contributed by atoms with Gasteiger partial charge in [-0.1, -0.05) is 12.1 Å². The van der Waals surface area contributed by atoms with E-state index in [4.69, 9.17) is 15.2 Å². The predicted molar refractivity (Wildman–Crippen MR) is 97.8 cm³/mol. The first kappa shape index (κ1) is 17.1. The second-order valence-electron chi connectivity index (χ2n) is 7.01. The van der Waals surface area contributed by atoms with E-state index in [1.165, 1.54) is 0 Å². The molecule has 1 amide bonds. The van der Waals surface area contributed by atoms with Gasteiger partial charge in [-0.2, -0.15) is 0 Å². The number of rotatable bonds is 4. The molecule has 1 unspecified atom stereocenters. The third kappa shape index (κ3) is 4.05. The van der Waals surface area contributed by atoms with Gasteiger partial charge in [-0.15, -0.1) is 0 Å². The molecule has 132 valence electrons. The molecule has 0 saturated heterocycles. The van der Waals surface area contributed by atoms with Gasteiger partial charge in [0.25, 0.3) is 0 Å². The van der Waals surface area contributed by atoms with Crippen molar-refractivity contribution in [2.75, 3.05) is 12.8 Å². The van der Waals surface area contributed by atoms with E-state index < -0.39 is 0 Å². The number of carbonyl (C=O) groups excluding carboxylic acids is 1. The van der Waals surface area contributed by atoms with Crippen LogP contribution in [0, 0.1) is 0 Å². The van der Waals surface area contributed by atoms with Crippen LogP contribution in [0.5, 0.6) is 11.5 Å². The van der Waals surface area contributed by atoms with Crippen molar-refractivity contribution in [1.29, 1.82) is 0 Å². The number of ether oxygens (including phenoxy) is 2. The van der Waals surface area contributed by atoms with Gasteiger partial charge in [0.2, 0.25) is 5.91 Å². The highest BCUT2D eigenvalue weighted by molar-refractivity contribution is 5.79. The van der Waals surface area contributed by atoms with Crippen LogP contribution in [0.2, 0.25) is 0 Å². The summed E-state index contributed by atoms with van der Waals surface area (Å²) in [6.45, 7) is 4.05. The number of amides is 1. The van der Waals surface area contributed by atoms with E-state index in [9.17, 15) is 4.79 Å². The number of nitrogen functional groups attached to an aromatic ring is 1. The molecule has 2 aromatic carbocycles. The fourth-order valence-corrected chi connectivity index (χ4v) is 3.18. The SMILES string of the molecule is COc1ccc(CC(=O)NC2CC(C)(C)Oc3ccc(N)cc32)cc1. The van der Waals surface area contributed by atoms with E-state index in [2.05, 4.69) is 5.32 Å². The third-order valence-corrected chi connectivity index (χ3v) is 4.35. The number of nitrogens with two attached hydrogens (primary N) is 1. The van der Waals surface area contributed by atoms with Gasteiger partial charge in [-0.05, 0) is 49.7 Å². The van der Waals surface area contributed by atoms with Crippen LogP contribution in [-0.2, 0) is 11.2 Å². The molecule has 1 heterocycles. The van der Waals surface area contributed by atoms with E-state index in [0.717, 1.165) is 22.6 Å². The number of anilines is 1. The topological polar surface area (TPSA) is 73.6 Å². The van der Waals surface area contributed by atoms with Crippen LogP contribution in [0.4, 0.5) is 5.69 Å².